The van der Waals surface area contributed by atoms with Crippen LogP contribution >= 0.6 is 27.5 Å². The zero-order valence-electron chi connectivity index (χ0n) is 7.84. The molecule has 1 fully saturated rings. The van der Waals surface area contributed by atoms with Crippen LogP contribution in [0.25, 0.3) is 0 Å². The number of hydrogen-bond acceptors (Lipinski definition) is 1. The van der Waals surface area contributed by atoms with E-state index >= 15 is 0 Å². The molecule has 1 aliphatic rings. The summed E-state index contributed by atoms with van der Waals surface area (Å²) in [6, 6.07) is 5.96. The number of hydrogen-bond donors (Lipinski definition) is 1. The second-order valence-corrected chi connectivity index (χ2v) is 5.24. The molecule has 0 aliphatic heterocycles. The lowest BCUT2D eigenvalue weighted by Gasteiger charge is -2.13. The van der Waals surface area contributed by atoms with E-state index in [0.29, 0.717) is 0 Å². The molecule has 1 saturated carbocycles. The molecule has 2 rings (SSSR count). The van der Waals surface area contributed by atoms with E-state index in [4.69, 9.17) is 17.3 Å². The van der Waals surface area contributed by atoms with E-state index in [1.165, 1.54) is 18.4 Å². The Labute approximate surface area is 97.8 Å². The molecule has 0 aromatic heterocycles. The summed E-state index contributed by atoms with van der Waals surface area (Å²) < 4.78 is 1.03. The standard InChI is InChI=1S/C11H13BrClN/c12-10-6-8(13)3-4-9(10)11(14)5-7-1-2-7/h3-4,6-7,11H,1-2,5,14H2/t11-/m0/s1. The van der Waals surface area contributed by atoms with Crippen LogP contribution in [0.15, 0.2) is 22.7 Å². The van der Waals surface area contributed by atoms with Gasteiger partial charge in [0.05, 0.1) is 0 Å². The maximum absolute atomic E-state index is 6.11. The van der Waals surface area contributed by atoms with E-state index < -0.39 is 0 Å². The lowest BCUT2D eigenvalue weighted by atomic mass is 10.0. The molecule has 1 aliphatic carbocycles. The molecular formula is C11H13BrClN. The highest BCUT2D eigenvalue weighted by Crippen LogP contribution is 2.38. The third-order valence-electron chi connectivity index (χ3n) is 2.65. The largest absolute Gasteiger partial charge is 0.324 e. The van der Waals surface area contributed by atoms with Crippen LogP contribution in [0.3, 0.4) is 0 Å². The van der Waals surface area contributed by atoms with Crippen molar-refractivity contribution in [3.05, 3.63) is 33.3 Å². The fourth-order valence-electron chi connectivity index (χ4n) is 1.64. The van der Waals surface area contributed by atoms with Crippen LogP contribution in [-0.4, -0.2) is 0 Å². The van der Waals surface area contributed by atoms with Crippen LogP contribution in [-0.2, 0) is 0 Å². The van der Waals surface area contributed by atoms with Crippen molar-refractivity contribution in [2.24, 2.45) is 11.7 Å². The SMILES string of the molecule is N[C@@H](CC1CC1)c1ccc(Cl)cc1Br. The van der Waals surface area contributed by atoms with Crippen molar-refractivity contribution < 1.29 is 0 Å². The summed E-state index contributed by atoms with van der Waals surface area (Å²) >= 11 is 9.36. The van der Waals surface area contributed by atoms with Gasteiger partial charge in [-0.25, -0.2) is 0 Å². The summed E-state index contributed by atoms with van der Waals surface area (Å²) in [6.07, 6.45) is 3.79. The van der Waals surface area contributed by atoms with E-state index in [0.717, 1.165) is 21.8 Å². The fourth-order valence-corrected chi connectivity index (χ4v) is 2.62. The quantitative estimate of drug-likeness (QED) is 0.889. The number of nitrogens with two attached hydrogens (primary N) is 1. The van der Waals surface area contributed by atoms with Crippen molar-refractivity contribution in [2.45, 2.75) is 25.3 Å². The molecule has 2 N–H and O–H groups in total. The Bertz CT molecular complexity index is 336. The first-order valence-corrected chi connectivity index (χ1v) is 6.04. The maximum Gasteiger partial charge on any atom is 0.0417 e. The lowest BCUT2D eigenvalue weighted by Crippen LogP contribution is -2.11. The number of rotatable bonds is 3. The fraction of sp³-hybridized carbons (Fsp3) is 0.455. The normalized spacial score (nSPS) is 18.2. The Balaban J connectivity index is 2.13. The second-order valence-electron chi connectivity index (χ2n) is 3.95. The molecule has 0 saturated heterocycles. The van der Waals surface area contributed by atoms with Crippen LogP contribution in [0.1, 0.15) is 30.9 Å². The summed E-state index contributed by atoms with van der Waals surface area (Å²) in [5.74, 6) is 0.854. The smallest absolute Gasteiger partial charge is 0.0417 e. The Kier molecular flexibility index (Phi) is 3.15. The van der Waals surface area contributed by atoms with Gasteiger partial charge in [-0.2, -0.15) is 0 Å². The molecule has 1 aromatic rings. The number of halogens is 2. The van der Waals surface area contributed by atoms with E-state index in [1.807, 2.05) is 18.2 Å². The first-order valence-electron chi connectivity index (χ1n) is 4.87. The van der Waals surface area contributed by atoms with Crippen LogP contribution in [0.5, 0.6) is 0 Å². The summed E-state index contributed by atoms with van der Waals surface area (Å²) in [6.45, 7) is 0. The molecule has 1 nitrogen and oxygen atoms in total. The van der Waals surface area contributed by atoms with Gasteiger partial charge in [0.1, 0.15) is 0 Å². The molecule has 14 heavy (non-hydrogen) atoms. The van der Waals surface area contributed by atoms with Crippen LogP contribution < -0.4 is 5.73 Å². The minimum absolute atomic E-state index is 0.147. The van der Waals surface area contributed by atoms with E-state index in [-0.39, 0.29) is 6.04 Å². The highest BCUT2D eigenvalue weighted by molar-refractivity contribution is 9.10. The summed E-state index contributed by atoms with van der Waals surface area (Å²) in [5, 5.41) is 0.749. The summed E-state index contributed by atoms with van der Waals surface area (Å²) in [5.41, 5.74) is 7.28. The highest BCUT2D eigenvalue weighted by Gasteiger charge is 2.25. The molecule has 1 aromatic carbocycles. The predicted octanol–water partition coefficient (Wildman–Crippen LogP) is 3.90. The van der Waals surface area contributed by atoms with Gasteiger partial charge in [0.2, 0.25) is 0 Å². The molecule has 3 heteroatoms. The van der Waals surface area contributed by atoms with Crippen LogP contribution in [0.4, 0.5) is 0 Å². The van der Waals surface area contributed by atoms with Gasteiger partial charge < -0.3 is 5.73 Å². The molecule has 0 bridgehead atoms. The van der Waals surface area contributed by atoms with Crippen molar-refractivity contribution in [1.29, 1.82) is 0 Å². The van der Waals surface area contributed by atoms with Crippen LogP contribution in [0.2, 0.25) is 5.02 Å². The van der Waals surface area contributed by atoms with Crippen molar-refractivity contribution in [2.75, 3.05) is 0 Å². The summed E-state index contributed by atoms with van der Waals surface area (Å²) in [4.78, 5) is 0. The molecular weight excluding hydrogens is 261 g/mol. The van der Waals surface area contributed by atoms with Gasteiger partial charge in [0.25, 0.3) is 0 Å². The van der Waals surface area contributed by atoms with Crippen LogP contribution in [0, 0.1) is 5.92 Å². The first kappa shape index (κ1) is 10.5. The Morgan fingerprint density at radius 3 is 2.79 bits per heavy atom. The van der Waals surface area contributed by atoms with Gasteiger partial charge in [-0.05, 0) is 30.0 Å². The van der Waals surface area contributed by atoms with Gasteiger partial charge in [-0.1, -0.05) is 46.4 Å². The van der Waals surface area contributed by atoms with E-state index in [1.54, 1.807) is 0 Å². The monoisotopic (exact) mass is 273 g/mol. The zero-order chi connectivity index (χ0) is 10.1. The molecule has 0 amide bonds. The predicted molar refractivity (Wildman–Crippen MR) is 63.4 cm³/mol. The van der Waals surface area contributed by atoms with Gasteiger partial charge >= 0.3 is 0 Å². The van der Waals surface area contributed by atoms with Gasteiger partial charge in [-0.15, -0.1) is 0 Å². The maximum atomic E-state index is 6.11. The summed E-state index contributed by atoms with van der Waals surface area (Å²) in [7, 11) is 0. The Morgan fingerprint density at radius 1 is 1.50 bits per heavy atom. The molecule has 0 unspecified atom stereocenters. The minimum atomic E-state index is 0.147. The molecule has 1 atom stereocenters. The average Bonchev–Trinajstić information content (AvgIpc) is 2.87. The Hall–Kier alpha value is -0.0500. The third kappa shape index (κ3) is 2.50. The van der Waals surface area contributed by atoms with Crippen molar-refractivity contribution >= 4 is 27.5 Å². The van der Waals surface area contributed by atoms with Gasteiger partial charge in [-0.3, -0.25) is 0 Å². The van der Waals surface area contributed by atoms with Gasteiger partial charge in [0, 0.05) is 15.5 Å². The van der Waals surface area contributed by atoms with E-state index in [9.17, 15) is 0 Å². The van der Waals surface area contributed by atoms with E-state index in [2.05, 4.69) is 15.9 Å². The zero-order valence-corrected chi connectivity index (χ0v) is 10.2. The topological polar surface area (TPSA) is 26.0 Å². The minimum Gasteiger partial charge on any atom is -0.324 e. The first-order chi connectivity index (χ1) is 6.66. The van der Waals surface area contributed by atoms with Gasteiger partial charge in [0.15, 0.2) is 0 Å². The molecule has 0 spiro atoms. The molecule has 76 valence electrons. The van der Waals surface area contributed by atoms with Crippen molar-refractivity contribution in [3.63, 3.8) is 0 Å². The highest BCUT2D eigenvalue weighted by atomic mass is 79.9. The average molecular weight is 275 g/mol. The third-order valence-corrected chi connectivity index (χ3v) is 3.57. The molecule has 0 heterocycles. The number of benzene rings is 1. The second kappa shape index (κ2) is 4.21. The van der Waals surface area contributed by atoms with Crippen molar-refractivity contribution in [1.82, 2.24) is 0 Å². The molecule has 0 radical (unpaired) electrons. The lowest BCUT2D eigenvalue weighted by molar-refractivity contribution is 0.595. The van der Waals surface area contributed by atoms with Crippen molar-refractivity contribution in [3.8, 4) is 0 Å². The Morgan fingerprint density at radius 2 is 2.21 bits per heavy atom.